The molecule has 0 saturated heterocycles. The average molecular weight is 210 g/mol. The molecule has 0 atom stereocenters. The summed E-state index contributed by atoms with van der Waals surface area (Å²) < 4.78 is 10.8. The summed E-state index contributed by atoms with van der Waals surface area (Å²) in [6.07, 6.45) is 5.18. The molecule has 0 amide bonds. The van der Waals surface area contributed by atoms with E-state index in [1.54, 1.807) is 14.2 Å². The van der Waals surface area contributed by atoms with Gasteiger partial charge in [-0.3, -0.25) is 4.70 Å². The van der Waals surface area contributed by atoms with E-state index in [9.17, 15) is 0 Å². The number of hydrogen-bond acceptors (Lipinski definition) is 2. The quantitative estimate of drug-likeness (QED) is 0.475. The Morgan fingerprint density at radius 2 is 1.54 bits per heavy atom. The highest BCUT2D eigenvalue weighted by Gasteiger charge is 2.27. The molecule has 0 unspecified atom stereocenters. The van der Waals surface area contributed by atoms with Crippen molar-refractivity contribution in [2.75, 3.05) is 14.2 Å². The van der Waals surface area contributed by atoms with Gasteiger partial charge in [-0.05, 0) is 12.6 Å². The molecule has 0 aromatic carbocycles. The van der Waals surface area contributed by atoms with Crippen LogP contribution in [-0.4, -0.2) is 22.8 Å². The Kier molecular flexibility index (Phi) is 10.3. The molecule has 0 aliphatic heterocycles. The molecule has 0 bridgehead atoms. The number of rotatable bonds is 7. The monoisotopic (exact) mass is 210 g/mol. The van der Waals surface area contributed by atoms with Gasteiger partial charge in [0, 0.05) is 14.2 Å². The molecule has 13 heavy (non-hydrogen) atoms. The van der Waals surface area contributed by atoms with Crippen LogP contribution in [0.4, 0.5) is 4.70 Å². The third-order valence-electron chi connectivity index (χ3n) is 2.35. The summed E-state index contributed by atoms with van der Waals surface area (Å²) in [5, 5.41) is 0. The molecule has 82 valence electrons. The van der Waals surface area contributed by atoms with Crippen molar-refractivity contribution in [3.63, 3.8) is 0 Å². The van der Waals surface area contributed by atoms with E-state index in [-0.39, 0.29) is 4.70 Å². The van der Waals surface area contributed by atoms with Crippen molar-refractivity contribution >= 4 is 8.56 Å². The van der Waals surface area contributed by atoms with E-state index < -0.39 is 8.56 Å². The zero-order valence-corrected chi connectivity index (χ0v) is 10.3. The Balaban J connectivity index is 0. The lowest BCUT2D eigenvalue weighted by atomic mass is 10.2. The van der Waals surface area contributed by atoms with Crippen LogP contribution in [0.5, 0.6) is 0 Å². The fraction of sp³-hybridized carbons (Fsp3) is 1.00. The summed E-state index contributed by atoms with van der Waals surface area (Å²) in [7, 11) is 1.77. The largest absolute Gasteiger partial charge is 0.398 e. The highest BCUT2D eigenvalue weighted by molar-refractivity contribution is 6.65. The van der Waals surface area contributed by atoms with Crippen LogP contribution < -0.4 is 0 Å². The zero-order valence-electron chi connectivity index (χ0n) is 9.26. The summed E-state index contributed by atoms with van der Waals surface area (Å²) in [4.78, 5) is 0. The van der Waals surface area contributed by atoms with Gasteiger partial charge < -0.3 is 8.85 Å². The van der Waals surface area contributed by atoms with E-state index >= 15 is 0 Å². The summed E-state index contributed by atoms with van der Waals surface area (Å²) in [5.41, 5.74) is 0. The molecule has 0 N–H and O–H groups in total. The van der Waals surface area contributed by atoms with Gasteiger partial charge in [0.2, 0.25) is 0 Å². The Morgan fingerprint density at radius 1 is 1.00 bits per heavy atom. The van der Waals surface area contributed by atoms with Crippen molar-refractivity contribution in [1.82, 2.24) is 0 Å². The van der Waals surface area contributed by atoms with Gasteiger partial charge in [0.15, 0.2) is 0 Å². The lowest BCUT2D eigenvalue weighted by Gasteiger charge is -2.22. The van der Waals surface area contributed by atoms with Gasteiger partial charge in [0.25, 0.3) is 0 Å². The first kappa shape index (κ1) is 15.5. The normalized spacial score (nSPS) is 11.1. The molecule has 0 spiro atoms. The van der Waals surface area contributed by atoms with Crippen LogP contribution in [0.3, 0.4) is 0 Å². The maximum atomic E-state index is 5.38. The van der Waals surface area contributed by atoms with Crippen LogP contribution in [0.15, 0.2) is 0 Å². The maximum Gasteiger partial charge on any atom is 0.334 e. The molecule has 0 rings (SSSR count). The van der Waals surface area contributed by atoms with Gasteiger partial charge in [-0.2, -0.15) is 0 Å². The van der Waals surface area contributed by atoms with Crippen LogP contribution >= 0.6 is 0 Å². The van der Waals surface area contributed by atoms with E-state index in [4.69, 9.17) is 8.85 Å². The second kappa shape index (κ2) is 8.66. The molecule has 0 radical (unpaired) electrons. The summed E-state index contributed by atoms with van der Waals surface area (Å²) in [6.45, 7) is 4.35. The zero-order chi connectivity index (χ0) is 9.45. The number of halogens is 1. The topological polar surface area (TPSA) is 18.5 Å². The highest BCUT2D eigenvalue weighted by atomic mass is 28.4. The first-order valence-electron chi connectivity index (χ1n) is 4.79. The van der Waals surface area contributed by atoms with Crippen LogP contribution in [-0.2, 0) is 8.85 Å². The van der Waals surface area contributed by atoms with E-state index in [0.29, 0.717) is 0 Å². The van der Waals surface area contributed by atoms with E-state index in [2.05, 4.69) is 13.5 Å². The molecule has 0 fully saturated rings. The van der Waals surface area contributed by atoms with Crippen LogP contribution in [0.2, 0.25) is 12.6 Å². The third kappa shape index (κ3) is 7.16. The fourth-order valence-electron chi connectivity index (χ4n) is 1.16. The molecule has 0 aliphatic rings. The van der Waals surface area contributed by atoms with Gasteiger partial charge in [0.1, 0.15) is 0 Å². The van der Waals surface area contributed by atoms with Crippen LogP contribution in [0.25, 0.3) is 0 Å². The van der Waals surface area contributed by atoms with E-state index in [1.807, 2.05) is 0 Å². The minimum atomic E-state index is -1.75. The van der Waals surface area contributed by atoms with Gasteiger partial charge in [0.05, 0.1) is 0 Å². The van der Waals surface area contributed by atoms with Gasteiger partial charge in [-0.25, -0.2) is 0 Å². The van der Waals surface area contributed by atoms with Gasteiger partial charge in [-0.15, -0.1) is 0 Å². The number of hydrogen-bond donors (Lipinski definition) is 0. The lowest BCUT2D eigenvalue weighted by Crippen LogP contribution is -2.35. The van der Waals surface area contributed by atoms with E-state index in [0.717, 1.165) is 6.04 Å². The molecule has 0 aromatic rings. The van der Waals surface area contributed by atoms with Crippen molar-refractivity contribution in [2.45, 2.75) is 45.2 Å². The summed E-state index contributed by atoms with van der Waals surface area (Å²) >= 11 is 0. The minimum Gasteiger partial charge on any atom is -0.398 e. The molecule has 0 aromatic heterocycles. The van der Waals surface area contributed by atoms with Crippen molar-refractivity contribution in [1.29, 1.82) is 0 Å². The summed E-state index contributed by atoms with van der Waals surface area (Å²) in [5.74, 6) is 0. The molecule has 4 heteroatoms. The second-order valence-corrected chi connectivity index (χ2v) is 6.94. The van der Waals surface area contributed by atoms with Crippen LogP contribution in [0.1, 0.15) is 32.6 Å². The Hall–Kier alpha value is 0.0669. The van der Waals surface area contributed by atoms with Crippen molar-refractivity contribution in [3.05, 3.63) is 0 Å². The smallest absolute Gasteiger partial charge is 0.334 e. The van der Waals surface area contributed by atoms with Crippen molar-refractivity contribution in [3.8, 4) is 0 Å². The first-order valence-corrected chi connectivity index (χ1v) is 7.31. The molecular formula is C9H23FO2Si. The molecular weight excluding hydrogens is 187 g/mol. The van der Waals surface area contributed by atoms with Crippen molar-refractivity contribution in [2.24, 2.45) is 0 Å². The first-order chi connectivity index (χ1) is 5.68. The average Bonchev–Trinajstić information content (AvgIpc) is 2.12. The molecule has 0 saturated carbocycles. The standard InChI is InChI=1S/C9H22O2Si.FH/c1-5-6-7-8-9-12(4,10-2)11-3;/h5-9H2,1-4H3;1H. The Labute approximate surface area is 82.2 Å². The Morgan fingerprint density at radius 3 is 1.92 bits per heavy atom. The van der Waals surface area contributed by atoms with Crippen LogP contribution in [0, 0.1) is 0 Å². The van der Waals surface area contributed by atoms with Gasteiger partial charge in [-0.1, -0.05) is 32.6 Å². The molecule has 2 nitrogen and oxygen atoms in total. The van der Waals surface area contributed by atoms with Crippen molar-refractivity contribution < 1.29 is 13.6 Å². The predicted molar refractivity (Wildman–Crippen MR) is 57.1 cm³/mol. The summed E-state index contributed by atoms with van der Waals surface area (Å²) in [6, 6.07) is 1.12. The van der Waals surface area contributed by atoms with Gasteiger partial charge >= 0.3 is 8.56 Å². The van der Waals surface area contributed by atoms with E-state index in [1.165, 1.54) is 25.7 Å². The lowest BCUT2D eigenvalue weighted by molar-refractivity contribution is 0.248. The highest BCUT2D eigenvalue weighted by Crippen LogP contribution is 2.16. The fourth-order valence-corrected chi connectivity index (χ4v) is 2.63. The Bertz CT molecular complexity index is 108. The SMILES string of the molecule is CCCCCC[Si](C)(OC)OC.F. The molecule has 0 heterocycles. The second-order valence-electron chi connectivity index (χ2n) is 3.35. The number of unbranched alkanes of at least 4 members (excludes halogenated alkanes) is 3. The predicted octanol–water partition coefficient (Wildman–Crippen LogP) is 3.08. The maximum absolute atomic E-state index is 5.38. The molecule has 0 aliphatic carbocycles. The third-order valence-corrected chi connectivity index (χ3v) is 5.34. The minimum absolute atomic E-state index is 0.